The Kier molecular flexibility index (Phi) is 6.30. The predicted octanol–water partition coefficient (Wildman–Crippen LogP) is 3.45. The summed E-state index contributed by atoms with van der Waals surface area (Å²) < 4.78 is 5.11. The van der Waals surface area contributed by atoms with Crippen molar-refractivity contribution in [2.24, 2.45) is 0 Å². The second-order valence-electron chi connectivity index (χ2n) is 5.65. The molecule has 1 atom stereocenters. The van der Waals surface area contributed by atoms with Gasteiger partial charge < -0.3 is 9.64 Å². The number of halogens is 1. The predicted molar refractivity (Wildman–Crippen MR) is 95.9 cm³/mol. The topological polar surface area (TPSA) is 89.7 Å². The van der Waals surface area contributed by atoms with E-state index < -0.39 is 28.6 Å². The molecule has 0 N–H and O–H groups in total. The number of nitro benzene ring substituents is 1. The lowest BCUT2D eigenvalue weighted by Crippen LogP contribution is -2.37. The van der Waals surface area contributed by atoms with Crippen LogP contribution in [0.2, 0.25) is 5.02 Å². The lowest BCUT2D eigenvalue weighted by atomic mass is 10.2. The number of likely N-dealkylation sites (N-methyl/N-ethyl adjacent to an activating group) is 1. The van der Waals surface area contributed by atoms with Crippen LogP contribution in [-0.2, 0) is 16.1 Å². The molecule has 0 aliphatic heterocycles. The Bertz CT molecular complexity index is 826. The first-order valence-corrected chi connectivity index (χ1v) is 8.11. The van der Waals surface area contributed by atoms with Gasteiger partial charge in [0.15, 0.2) is 6.10 Å². The molecule has 2 aromatic rings. The summed E-state index contributed by atoms with van der Waals surface area (Å²) in [5, 5.41) is 11.2. The fourth-order valence-electron chi connectivity index (χ4n) is 2.35. The molecule has 7 nitrogen and oxygen atoms in total. The average molecular weight is 377 g/mol. The zero-order chi connectivity index (χ0) is 19.3. The summed E-state index contributed by atoms with van der Waals surface area (Å²) in [6.07, 6.45) is -1.10. The van der Waals surface area contributed by atoms with Crippen molar-refractivity contribution < 1.29 is 19.2 Å². The van der Waals surface area contributed by atoms with E-state index in [0.29, 0.717) is 6.54 Å². The summed E-state index contributed by atoms with van der Waals surface area (Å²) in [5.74, 6) is -1.40. The quantitative estimate of drug-likeness (QED) is 0.437. The van der Waals surface area contributed by atoms with Crippen molar-refractivity contribution in [3.8, 4) is 0 Å². The standard InChI is InChI=1S/C18H17ClN2O5/c1-12(17(22)20(2)11-13-6-4-3-5-7-13)26-18(23)15-10-14(19)8-9-16(15)21(24)25/h3-10,12H,11H2,1-2H3/t12-/m1/s1. The molecule has 1 amide bonds. The highest BCUT2D eigenvalue weighted by molar-refractivity contribution is 6.31. The van der Waals surface area contributed by atoms with Crippen molar-refractivity contribution in [1.29, 1.82) is 0 Å². The van der Waals surface area contributed by atoms with Gasteiger partial charge in [-0.15, -0.1) is 0 Å². The molecule has 2 rings (SSSR count). The fraction of sp³-hybridized carbons (Fsp3) is 0.222. The summed E-state index contributed by atoms with van der Waals surface area (Å²) in [6, 6.07) is 12.9. The van der Waals surface area contributed by atoms with Crippen LogP contribution in [0, 0.1) is 10.1 Å². The molecule has 0 radical (unpaired) electrons. The van der Waals surface area contributed by atoms with Crippen LogP contribution in [0.3, 0.4) is 0 Å². The lowest BCUT2D eigenvalue weighted by Gasteiger charge is -2.21. The third-order valence-electron chi connectivity index (χ3n) is 3.65. The average Bonchev–Trinajstić information content (AvgIpc) is 2.61. The van der Waals surface area contributed by atoms with E-state index in [1.165, 1.54) is 17.9 Å². The number of esters is 1. The molecule has 0 fully saturated rings. The first-order chi connectivity index (χ1) is 12.3. The van der Waals surface area contributed by atoms with E-state index in [-0.39, 0.29) is 10.6 Å². The van der Waals surface area contributed by atoms with Crippen LogP contribution < -0.4 is 0 Å². The maximum atomic E-state index is 12.4. The van der Waals surface area contributed by atoms with Crippen LogP contribution in [0.15, 0.2) is 48.5 Å². The number of ether oxygens (including phenoxy) is 1. The van der Waals surface area contributed by atoms with Crippen molar-refractivity contribution in [3.63, 3.8) is 0 Å². The summed E-state index contributed by atoms with van der Waals surface area (Å²) in [6.45, 7) is 1.76. The van der Waals surface area contributed by atoms with E-state index in [9.17, 15) is 19.7 Å². The Morgan fingerprint density at radius 1 is 1.23 bits per heavy atom. The smallest absolute Gasteiger partial charge is 0.345 e. The number of hydrogen-bond acceptors (Lipinski definition) is 5. The molecular weight excluding hydrogens is 360 g/mol. The minimum atomic E-state index is -1.10. The first-order valence-electron chi connectivity index (χ1n) is 7.73. The van der Waals surface area contributed by atoms with Crippen LogP contribution in [0.4, 0.5) is 5.69 Å². The van der Waals surface area contributed by atoms with Crippen LogP contribution in [0.1, 0.15) is 22.8 Å². The SMILES string of the molecule is C[C@@H](OC(=O)c1cc(Cl)ccc1[N+](=O)[O-])C(=O)N(C)Cc1ccccc1. The number of hydrogen-bond donors (Lipinski definition) is 0. The lowest BCUT2D eigenvalue weighted by molar-refractivity contribution is -0.385. The third-order valence-corrected chi connectivity index (χ3v) is 3.88. The third kappa shape index (κ3) is 4.80. The Morgan fingerprint density at radius 3 is 2.50 bits per heavy atom. The minimum Gasteiger partial charge on any atom is -0.449 e. The summed E-state index contributed by atoms with van der Waals surface area (Å²) in [4.78, 5) is 36.4. The van der Waals surface area contributed by atoms with Crippen LogP contribution >= 0.6 is 11.6 Å². The molecule has 2 aromatic carbocycles. The number of amides is 1. The summed E-state index contributed by atoms with van der Waals surface area (Å²) in [5.41, 5.74) is 0.192. The molecule has 0 unspecified atom stereocenters. The zero-order valence-electron chi connectivity index (χ0n) is 14.2. The van der Waals surface area contributed by atoms with Crippen molar-refractivity contribution in [2.75, 3.05) is 7.05 Å². The molecule has 0 aliphatic carbocycles. The van der Waals surface area contributed by atoms with Gasteiger partial charge in [-0.3, -0.25) is 14.9 Å². The Labute approximate surface area is 155 Å². The van der Waals surface area contributed by atoms with Crippen molar-refractivity contribution in [1.82, 2.24) is 4.90 Å². The van der Waals surface area contributed by atoms with Gasteiger partial charge in [-0.2, -0.15) is 0 Å². The van der Waals surface area contributed by atoms with E-state index >= 15 is 0 Å². The Morgan fingerprint density at radius 2 is 1.88 bits per heavy atom. The van der Waals surface area contributed by atoms with Gasteiger partial charge in [0.05, 0.1) is 4.92 Å². The van der Waals surface area contributed by atoms with Crippen LogP contribution in [0.25, 0.3) is 0 Å². The number of carbonyl (C=O) groups is 2. The number of nitrogens with zero attached hydrogens (tertiary/aromatic N) is 2. The molecule has 136 valence electrons. The highest BCUT2D eigenvalue weighted by atomic mass is 35.5. The molecule has 0 saturated carbocycles. The fourth-order valence-corrected chi connectivity index (χ4v) is 2.52. The van der Waals surface area contributed by atoms with Gasteiger partial charge in [0.2, 0.25) is 0 Å². The van der Waals surface area contributed by atoms with Gasteiger partial charge in [-0.1, -0.05) is 41.9 Å². The molecule has 0 aliphatic rings. The zero-order valence-corrected chi connectivity index (χ0v) is 15.0. The summed E-state index contributed by atoms with van der Waals surface area (Å²) in [7, 11) is 1.58. The summed E-state index contributed by atoms with van der Waals surface area (Å²) >= 11 is 5.80. The number of benzene rings is 2. The molecule has 8 heteroatoms. The van der Waals surface area contributed by atoms with Gasteiger partial charge in [-0.25, -0.2) is 4.79 Å². The van der Waals surface area contributed by atoms with Crippen LogP contribution in [0.5, 0.6) is 0 Å². The van der Waals surface area contributed by atoms with Crippen LogP contribution in [-0.4, -0.2) is 34.9 Å². The minimum absolute atomic E-state index is 0.155. The van der Waals surface area contributed by atoms with E-state index in [1.807, 2.05) is 30.3 Å². The van der Waals surface area contributed by atoms with E-state index in [2.05, 4.69) is 0 Å². The van der Waals surface area contributed by atoms with Gasteiger partial charge >= 0.3 is 5.97 Å². The van der Waals surface area contributed by atoms with Gasteiger partial charge in [0.25, 0.3) is 11.6 Å². The molecular formula is C18H17ClN2O5. The van der Waals surface area contributed by atoms with E-state index in [0.717, 1.165) is 17.7 Å². The maximum Gasteiger partial charge on any atom is 0.345 e. The van der Waals surface area contributed by atoms with Gasteiger partial charge in [-0.05, 0) is 24.6 Å². The largest absolute Gasteiger partial charge is 0.449 e. The molecule has 0 heterocycles. The van der Waals surface area contributed by atoms with Crippen molar-refractivity contribution in [3.05, 3.63) is 74.8 Å². The molecule has 0 aromatic heterocycles. The molecule has 0 bridgehead atoms. The maximum absolute atomic E-state index is 12.4. The van der Waals surface area contributed by atoms with Gasteiger partial charge in [0.1, 0.15) is 5.56 Å². The molecule has 26 heavy (non-hydrogen) atoms. The second kappa shape index (κ2) is 8.44. The first kappa shape index (κ1) is 19.4. The number of carbonyl (C=O) groups excluding carboxylic acids is 2. The molecule has 0 saturated heterocycles. The molecule has 0 spiro atoms. The Hall–Kier alpha value is -2.93. The number of nitro groups is 1. The Balaban J connectivity index is 2.08. The normalized spacial score (nSPS) is 11.5. The van der Waals surface area contributed by atoms with Crippen molar-refractivity contribution >= 4 is 29.2 Å². The monoisotopic (exact) mass is 376 g/mol. The highest BCUT2D eigenvalue weighted by Crippen LogP contribution is 2.24. The van der Waals surface area contributed by atoms with Crippen molar-refractivity contribution in [2.45, 2.75) is 19.6 Å². The van der Waals surface area contributed by atoms with Gasteiger partial charge in [0, 0.05) is 24.7 Å². The highest BCUT2D eigenvalue weighted by Gasteiger charge is 2.27. The van der Waals surface area contributed by atoms with E-state index in [1.54, 1.807) is 7.05 Å². The van der Waals surface area contributed by atoms with E-state index in [4.69, 9.17) is 16.3 Å². The number of rotatable bonds is 6. The second-order valence-corrected chi connectivity index (χ2v) is 6.08.